The van der Waals surface area contributed by atoms with Crippen molar-refractivity contribution in [3.05, 3.63) is 42.6 Å². The summed E-state index contributed by atoms with van der Waals surface area (Å²) in [5.74, 6) is -0.263. The molecule has 0 bridgehead atoms. The lowest BCUT2D eigenvalue weighted by molar-refractivity contribution is -0.274. The molecule has 0 aliphatic carbocycles. The van der Waals surface area contributed by atoms with Crippen molar-refractivity contribution in [3.63, 3.8) is 0 Å². The Morgan fingerprint density at radius 1 is 1.00 bits per heavy atom. The standard InChI is InChI=1S/C12H8F3NO2/c13-12(14,15)18-10-4-1-8(2-5-10)11-6-3-9(17)7-16-11/h1-7,17H. The Labute approximate surface area is 100 Å². The predicted molar refractivity (Wildman–Crippen MR) is 58.0 cm³/mol. The quantitative estimate of drug-likeness (QED) is 0.894. The Hall–Kier alpha value is -2.24. The van der Waals surface area contributed by atoms with E-state index in [9.17, 15) is 13.2 Å². The predicted octanol–water partition coefficient (Wildman–Crippen LogP) is 3.35. The Bertz CT molecular complexity index is 521. The lowest BCUT2D eigenvalue weighted by atomic mass is 10.1. The molecule has 0 aliphatic rings. The minimum absolute atomic E-state index is 0.0239. The van der Waals surface area contributed by atoms with Crippen LogP contribution in [0.2, 0.25) is 0 Å². The van der Waals surface area contributed by atoms with Crippen LogP contribution in [0.3, 0.4) is 0 Å². The van der Waals surface area contributed by atoms with Crippen molar-refractivity contribution in [2.24, 2.45) is 0 Å². The number of alkyl halides is 3. The minimum atomic E-state index is -4.70. The third kappa shape index (κ3) is 3.13. The van der Waals surface area contributed by atoms with Gasteiger partial charge in [0.2, 0.25) is 0 Å². The Balaban J connectivity index is 2.20. The summed E-state index contributed by atoms with van der Waals surface area (Å²) in [6.45, 7) is 0. The van der Waals surface area contributed by atoms with Crippen LogP contribution in [-0.2, 0) is 0 Å². The molecule has 0 saturated carbocycles. The van der Waals surface area contributed by atoms with E-state index in [0.29, 0.717) is 11.3 Å². The molecule has 3 nitrogen and oxygen atoms in total. The van der Waals surface area contributed by atoms with Crippen LogP contribution in [0.1, 0.15) is 0 Å². The van der Waals surface area contributed by atoms with Gasteiger partial charge in [-0.05, 0) is 36.4 Å². The summed E-state index contributed by atoms with van der Waals surface area (Å²) in [6, 6.07) is 8.34. The molecule has 0 radical (unpaired) electrons. The van der Waals surface area contributed by atoms with Gasteiger partial charge in [-0.15, -0.1) is 13.2 Å². The molecule has 1 N–H and O–H groups in total. The monoisotopic (exact) mass is 255 g/mol. The van der Waals surface area contributed by atoms with Crippen molar-refractivity contribution < 1.29 is 23.0 Å². The maximum absolute atomic E-state index is 11.9. The van der Waals surface area contributed by atoms with Gasteiger partial charge in [0.1, 0.15) is 11.5 Å². The summed E-state index contributed by atoms with van der Waals surface area (Å²) in [4.78, 5) is 3.94. The van der Waals surface area contributed by atoms with Gasteiger partial charge in [-0.25, -0.2) is 0 Å². The number of aromatic nitrogens is 1. The van der Waals surface area contributed by atoms with E-state index in [-0.39, 0.29) is 11.5 Å². The SMILES string of the molecule is Oc1ccc(-c2ccc(OC(F)(F)F)cc2)nc1. The van der Waals surface area contributed by atoms with Gasteiger partial charge >= 0.3 is 6.36 Å². The Kier molecular flexibility index (Phi) is 3.10. The van der Waals surface area contributed by atoms with E-state index >= 15 is 0 Å². The number of aromatic hydroxyl groups is 1. The second-order valence-electron chi connectivity index (χ2n) is 3.47. The van der Waals surface area contributed by atoms with Gasteiger partial charge in [0.25, 0.3) is 0 Å². The summed E-state index contributed by atoms with van der Waals surface area (Å²) in [6.07, 6.45) is -3.44. The van der Waals surface area contributed by atoms with Gasteiger partial charge in [-0.1, -0.05) is 0 Å². The summed E-state index contributed by atoms with van der Waals surface area (Å²) in [5.41, 5.74) is 1.18. The second kappa shape index (κ2) is 4.56. The van der Waals surface area contributed by atoms with Crippen LogP contribution in [0.25, 0.3) is 11.3 Å². The Morgan fingerprint density at radius 2 is 1.67 bits per heavy atom. The van der Waals surface area contributed by atoms with E-state index in [4.69, 9.17) is 5.11 Å². The van der Waals surface area contributed by atoms with Crippen LogP contribution in [-0.4, -0.2) is 16.5 Å². The number of hydrogen-bond acceptors (Lipinski definition) is 3. The molecule has 2 rings (SSSR count). The maximum Gasteiger partial charge on any atom is 0.573 e. The lowest BCUT2D eigenvalue weighted by Crippen LogP contribution is -2.16. The second-order valence-corrected chi connectivity index (χ2v) is 3.47. The molecule has 6 heteroatoms. The third-order valence-electron chi connectivity index (χ3n) is 2.13. The zero-order valence-corrected chi connectivity index (χ0v) is 8.98. The topological polar surface area (TPSA) is 42.4 Å². The number of hydrogen-bond donors (Lipinski definition) is 1. The fourth-order valence-corrected chi connectivity index (χ4v) is 1.38. The van der Waals surface area contributed by atoms with Crippen LogP contribution in [0.5, 0.6) is 11.5 Å². The summed E-state index contributed by atoms with van der Waals surface area (Å²) >= 11 is 0. The molecule has 0 saturated heterocycles. The number of benzene rings is 1. The van der Waals surface area contributed by atoms with E-state index in [1.54, 1.807) is 6.07 Å². The molecule has 2 aromatic rings. The molecule has 18 heavy (non-hydrogen) atoms. The average molecular weight is 255 g/mol. The van der Waals surface area contributed by atoms with Crippen LogP contribution in [0.4, 0.5) is 13.2 Å². The van der Waals surface area contributed by atoms with Crippen LogP contribution < -0.4 is 4.74 Å². The summed E-state index contributed by atoms with van der Waals surface area (Å²) in [7, 11) is 0. The number of pyridine rings is 1. The van der Waals surface area contributed by atoms with E-state index < -0.39 is 6.36 Å². The van der Waals surface area contributed by atoms with Crippen LogP contribution >= 0.6 is 0 Å². The first-order valence-electron chi connectivity index (χ1n) is 4.95. The van der Waals surface area contributed by atoms with Gasteiger partial charge in [0.05, 0.1) is 11.9 Å². The van der Waals surface area contributed by atoms with E-state index in [0.717, 1.165) is 0 Å². The highest BCUT2D eigenvalue weighted by Crippen LogP contribution is 2.26. The van der Waals surface area contributed by atoms with Crippen LogP contribution in [0.15, 0.2) is 42.6 Å². The molecule has 0 aliphatic heterocycles. The van der Waals surface area contributed by atoms with Gasteiger partial charge in [-0.2, -0.15) is 0 Å². The van der Waals surface area contributed by atoms with Crippen LogP contribution in [0, 0.1) is 0 Å². The van der Waals surface area contributed by atoms with E-state index in [1.165, 1.54) is 36.5 Å². The van der Waals surface area contributed by atoms with Crippen molar-refractivity contribution in [2.75, 3.05) is 0 Å². The summed E-state index contributed by atoms with van der Waals surface area (Å²) in [5, 5.41) is 9.07. The smallest absolute Gasteiger partial charge is 0.506 e. The number of halogens is 3. The normalized spacial score (nSPS) is 11.3. The molecule has 0 unspecified atom stereocenters. The minimum Gasteiger partial charge on any atom is -0.506 e. The molecular formula is C12H8F3NO2. The molecule has 1 aromatic heterocycles. The van der Waals surface area contributed by atoms with Crippen molar-refractivity contribution in [1.29, 1.82) is 0 Å². The van der Waals surface area contributed by atoms with Crippen molar-refractivity contribution in [3.8, 4) is 22.8 Å². The first-order chi connectivity index (χ1) is 8.44. The van der Waals surface area contributed by atoms with Crippen molar-refractivity contribution in [2.45, 2.75) is 6.36 Å². The van der Waals surface area contributed by atoms with Gasteiger partial charge < -0.3 is 9.84 Å². The molecule has 0 spiro atoms. The average Bonchev–Trinajstić information content (AvgIpc) is 2.29. The summed E-state index contributed by atoms with van der Waals surface area (Å²) < 4.78 is 39.6. The number of ether oxygens (including phenoxy) is 1. The molecule has 0 amide bonds. The van der Waals surface area contributed by atoms with Gasteiger partial charge in [0.15, 0.2) is 0 Å². The fourth-order valence-electron chi connectivity index (χ4n) is 1.38. The first-order valence-corrected chi connectivity index (χ1v) is 4.95. The lowest BCUT2D eigenvalue weighted by Gasteiger charge is -2.09. The zero-order valence-electron chi connectivity index (χ0n) is 8.98. The molecule has 0 atom stereocenters. The zero-order chi connectivity index (χ0) is 13.2. The number of rotatable bonds is 2. The first kappa shape index (κ1) is 12.2. The molecule has 0 fully saturated rings. The highest BCUT2D eigenvalue weighted by Gasteiger charge is 2.30. The molecule has 1 heterocycles. The van der Waals surface area contributed by atoms with E-state index in [1.807, 2.05) is 0 Å². The molecule has 1 aromatic carbocycles. The highest BCUT2D eigenvalue weighted by molar-refractivity contribution is 5.60. The maximum atomic E-state index is 11.9. The molecular weight excluding hydrogens is 247 g/mol. The third-order valence-corrected chi connectivity index (χ3v) is 2.13. The number of nitrogens with zero attached hydrogens (tertiary/aromatic N) is 1. The Morgan fingerprint density at radius 3 is 2.17 bits per heavy atom. The van der Waals surface area contributed by atoms with Gasteiger partial charge in [0, 0.05) is 5.56 Å². The van der Waals surface area contributed by atoms with Crippen molar-refractivity contribution in [1.82, 2.24) is 4.98 Å². The van der Waals surface area contributed by atoms with Crippen molar-refractivity contribution >= 4 is 0 Å². The fraction of sp³-hybridized carbons (Fsp3) is 0.0833. The van der Waals surface area contributed by atoms with Gasteiger partial charge in [-0.3, -0.25) is 4.98 Å². The highest BCUT2D eigenvalue weighted by atomic mass is 19.4. The largest absolute Gasteiger partial charge is 0.573 e. The van der Waals surface area contributed by atoms with E-state index in [2.05, 4.69) is 9.72 Å². The molecule has 94 valence electrons.